The Hall–Kier alpha value is -2.85. The van der Waals surface area contributed by atoms with Gasteiger partial charge in [0.15, 0.2) is 0 Å². The third kappa shape index (κ3) is 9.08. The van der Waals surface area contributed by atoms with Gasteiger partial charge in [-0.2, -0.15) is 0 Å². The Morgan fingerprint density at radius 3 is 2.03 bits per heavy atom. The van der Waals surface area contributed by atoms with E-state index in [0.717, 1.165) is 36.3 Å². The Morgan fingerprint density at radius 1 is 0.862 bits per heavy atom. The van der Waals surface area contributed by atoms with Gasteiger partial charge in [0, 0.05) is 0 Å². The average molecular weight is 862 g/mol. The number of allylic oxidation sites excluding steroid dienone is 2. The van der Waals surface area contributed by atoms with Crippen molar-refractivity contribution in [2.45, 2.75) is 111 Å². The fourth-order valence-electron chi connectivity index (χ4n) is 11.5. The van der Waals surface area contributed by atoms with E-state index in [-0.39, 0.29) is 51.1 Å². The lowest BCUT2D eigenvalue weighted by Crippen LogP contribution is -2.52. The Kier molecular flexibility index (Phi) is 13.6. The van der Waals surface area contributed by atoms with Crippen molar-refractivity contribution in [3.8, 4) is 11.5 Å². The van der Waals surface area contributed by atoms with Crippen molar-refractivity contribution >= 4 is 48.5 Å². The van der Waals surface area contributed by atoms with Crippen LogP contribution in [0.5, 0.6) is 11.5 Å². The SMILES string of the molecule is CC(C)CCC[C@@H](C)[C@H]1CC[C@H]2[C@@H]3C=C[C@H]4C[C@@H](OP(=O)(O)OCCC=C(c5cc(Cl)c(O)c(C(=O)O)c5)c5cc(Cl)c(O)c(C(=O)O)c5)CC[C@]4(C)[C@H]3CC[C@]12C. The Morgan fingerprint density at radius 2 is 1.45 bits per heavy atom. The van der Waals surface area contributed by atoms with Gasteiger partial charge in [-0.05, 0) is 145 Å². The van der Waals surface area contributed by atoms with Crippen LogP contribution < -0.4 is 0 Å². The van der Waals surface area contributed by atoms with E-state index in [4.69, 9.17) is 32.2 Å². The molecule has 0 spiro atoms. The molecular weight excluding hydrogens is 802 g/mol. The molecule has 1 unspecified atom stereocenters. The third-order valence-electron chi connectivity index (χ3n) is 14.5. The normalized spacial score (nSPS) is 30.5. The number of phosphoric ester groups is 1. The van der Waals surface area contributed by atoms with E-state index in [2.05, 4.69) is 46.8 Å². The monoisotopic (exact) mass is 860 g/mol. The summed E-state index contributed by atoms with van der Waals surface area (Å²) in [5.74, 6) is 0.153. The number of hydrogen-bond donors (Lipinski definition) is 5. The maximum atomic E-state index is 13.3. The molecule has 0 heterocycles. The fourth-order valence-corrected chi connectivity index (χ4v) is 12.9. The topological polar surface area (TPSA) is 171 Å². The number of phenols is 2. The van der Waals surface area contributed by atoms with Gasteiger partial charge < -0.3 is 25.3 Å². The lowest BCUT2D eigenvalue weighted by Gasteiger charge is -2.59. The molecule has 0 saturated heterocycles. The zero-order valence-electron chi connectivity index (χ0n) is 34.1. The van der Waals surface area contributed by atoms with Crippen molar-refractivity contribution in [3.05, 3.63) is 74.8 Å². The van der Waals surface area contributed by atoms with Crippen molar-refractivity contribution in [1.29, 1.82) is 0 Å². The summed E-state index contributed by atoms with van der Waals surface area (Å²) in [4.78, 5) is 34.6. The van der Waals surface area contributed by atoms with Gasteiger partial charge in [-0.25, -0.2) is 14.2 Å². The van der Waals surface area contributed by atoms with Crippen LogP contribution in [0.1, 0.15) is 137 Å². The Bertz CT molecular complexity index is 1930. The predicted octanol–water partition coefficient (Wildman–Crippen LogP) is 12.0. The van der Waals surface area contributed by atoms with Crippen LogP contribution >= 0.6 is 31.0 Å². The number of benzene rings is 2. The molecule has 2 aromatic rings. The number of aromatic carboxylic acids is 2. The van der Waals surface area contributed by atoms with Crippen molar-refractivity contribution in [3.63, 3.8) is 0 Å². The molecule has 0 aromatic heterocycles. The first-order valence-corrected chi connectivity index (χ1v) is 23.1. The van der Waals surface area contributed by atoms with Crippen LogP contribution in [-0.2, 0) is 13.6 Å². The fraction of sp³-hybridized carbons (Fsp3) is 0.600. The summed E-state index contributed by atoms with van der Waals surface area (Å²) in [6.45, 7) is 11.9. The van der Waals surface area contributed by atoms with Gasteiger partial charge in [-0.1, -0.05) is 95.3 Å². The van der Waals surface area contributed by atoms with E-state index in [1.807, 2.05) is 0 Å². The number of fused-ring (bicyclic) bond motifs is 5. The molecule has 10 atom stereocenters. The zero-order chi connectivity index (χ0) is 42.3. The van der Waals surface area contributed by atoms with E-state index >= 15 is 0 Å². The first-order valence-electron chi connectivity index (χ1n) is 20.8. The standard InChI is InChI=1S/C45H59Cl2O10P/c1-25(2)8-6-9-26(3)35-13-14-36-32-12-11-29-24-30(15-17-44(29,4)37(32)16-18-45(35,36)5)57-58(54,55)56-19-7-10-31(27-20-33(42(50)51)40(48)38(46)22-27)28-21-34(43(52)53)41(49)39(47)23-28/h10-12,20-23,25-26,29-30,32,35-37,48-49H,6-9,13-19,24H2,1-5H3,(H,50,51)(H,52,53)(H,54,55)/t26-,29+,30+,32+,35-,36+,37+,44+,45-/m1/s1. The highest BCUT2D eigenvalue weighted by Gasteiger charge is 2.59. The van der Waals surface area contributed by atoms with Gasteiger partial charge in [0.1, 0.15) is 22.6 Å². The van der Waals surface area contributed by atoms with Gasteiger partial charge in [-0.15, -0.1) is 0 Å². The highest BCUT2D eigenvalue weighted by Crippen LogP contribution is 2.67. The summed E-state index contributed by atoms with van der Waals surface area (Å²) in [6.07, 6.45) is 17.2. The summed E-state index contributed by atoms with van der Waals surface area (Å²) in [5, 5.41) is 39.3. The first kappa shape index (κ1) is 44.7. The molecule has 2 aromatic carbocycles. The molecule has 6 rings (SSSR count). The third-order valence-corrected chi connectivity index (χ3v) is 16.2. The number of carboxylic acids is 2. The number of carbonyl (C=O) groups is 2. The van der Waals surface area contributed by atoms with E-state index in [1.54, 1.807) is 0 Å². The van der Waals surface area contributed by atoms with Gasteiger partial charge in [-0.3, -0.25) is 9.05 Å². The molecule has 318 valence electrons. The Labute approximate surface area is 352 Å². The molecule has 4 aliphatic carbocycles. The molecule has 0 amide bonds. The first-order chi connectivity index (χ1) is 27.3. The highest BCUT2D eigenvalue weighted by molar-refractivity contribution is 7.47. The van der Waals surface area contributed by atoms with Crippen LogP contribution in [0.2, 0.25) is 10.0 Å². The van der Waals surface area contributed by atoms with Crippen LogP contribution in [0.4, 0.5) is 0 Å². The van der Waals surface area contributed by atoms with Crippen molar-refractivity contribution in [2.75, 3.05) is 6.61 Å². The smallest absolute Gasteiger partial charge is 0.472 e. The molecule has 58 heavy (non-hydrogen) atoms. The summed E-state index contributed by atoms with van der Waals surface area (Å²) in [7, 11) is -4.50. The summed E-state index contributed by atoms with van der Waals surface area (Å²) < 4.78 is 24.6. The molecule has 4 aliphatic rings. The largest absolute Gasteiger partial charge is 0.505 e. The predicted molar refractivity (Wildman–Crippen MR) is 225 cm³/mol. The highest BCUT2D eigenvalue weighted by atomic mass is 35.5. The van der Waals surface area contributed by atoms with Gasteiger partial charge in [0.25, 0.3) is 0 Å². The minimum Gasteiger partial charge on any atom is -0.505 e. The van der Waals surface area contributed by atoms with E-state index < -0.39 is 48.5 Å². The molecule has 3 fully saturated rings. The molecule has 13 heteroatoms. The van der Waals surface area contributed by atoms with Crippen molar-refractivity contribution in [1.82, 2.24) is 0 Å². The zero-order valence-corrected chi connectivity index (χ0v) is 36.5. The van der Waals surface area contributed by atoms with Crippen LogP contribution in [0.15, 0.2) is 42.5 Å². The summed E-state index contributed by atoms with van der Waals surface area (Å²) in [5.41, 5.74) is 0.0545. The molecular formula is C45H59Cl2O10P. The van der Waals surface area contributed by atoms with Crippen LogP contribution in [0.25, 0.3) is 5.57 Å². The molecule has 5 N–H and O–H groups in total. The van der Waals surface area contributed by atoms with E-state index in [0.29, 0.717) is 36.0 Å². The second-order valence-electron chi connectivity index (χ2n) is 18.3. The lowest BCUT2D eigenvalue weighted by atomic mass is 9.46. The van der Waals surface area contributed by atoms with E-state index in [1.165, 1.54) is 63.2 Å². The summed E-state index contributed by atoms with van der Waals surface area (Å²) in [6, 6.07) is 4.90. The number of rotatable bonds is 15. The molecule has 0 aliphatic heterocycles. The molecule has 0 bridgehead atoms. The van der Waals surface area contributed by atoms with Crippen molar-refractivity contribution < 1.29 is 48.5 Å². The Balaban J connectivity index is 1.12. The van der Waals surface area contributed by atoms with Crippen LogP contribution in [0.3, 0.4) is 0 Å². The lowest BCUT2D eigenvalue weighted by molar-refractivity contribution is -0.0810. The van der Waals surface area contributed by atoms with Gasteiger partial charge in [0.2, 0.25) is 0 Å². The van der Waals surface area contributed by atoms with Gasteiger partial charge >= 0.3 is 19.8 Å². The van der Waals surface area contributed by atoms with E-state index in [9.17, 15) is 39.5 Å². The minimum atomic E-state index is -4.50. The number of carboxylic acid groups (broad SMARTS) is 2. The maximum Gasteiger partial charge on any atom is 0.472 e. The summed E-state index contributed by atoms with van der Waals surface area (Å²) >= 11 is 12.4. The number of hydrogen-bond acceptors (Lipinski definition) is 7. The number of aromatic hydroxyl groups is 2. The molecule has 0 radical (unpaired) electrons. The second kappa shape index (κ2) is 17.6. The van der Waals surface area contributed by atoms with Crippen molar-refractivity contribution in [2.24, 2.45) is 52.3 Å². The minimum absolute atomic E-state index is 0.000119. The maximum absolute atomic E-state index is 13.3. The van der Waals surface area contributed by atoms with Crippen LogP contribution in [0, 0.1) is 52.3 Å². The quantitative estimate of drug-likeness (QED) is 0.0659. The average Bonchev–Trinajstić information content (AvgIpc) is 3.51. The number of halogens is 2. The van der Waals surface area contributed by atoms with Crippen LogP contribution in [-0.4, -0.2) is 50.0 Å². The second-order valence-corrected chi connectivity index (χ2v) is 20.6. The number of phosphoric acid groups is 1. The molecule has 3 saturated carbocycles. The van der Waals surface area contributed by atoms with Gasteiger partial charge in [0.05, 0.1) is 22.8 Å². The molecule has 10 nitrogen and oxygen atoms in total.